The van der Waals surface area contributed by atoms with E-state index in [1.807, 2.05) is 0 Å². The summed E-state index contributed by atoms with van der Waals surface area (Å²) in [6.45, 7) is 3.37. The first-order valence-corrected chi connectivity index (χ1v) is 6.71. The van der Waals surface area contributed by atoms with Gasteiger partial charge in [-0.25, -0.2) is 0 Å². The Morgan fingerprint density at radius 1 is 1.35 bits per heavy atom. The number of methoxy groups -OCH3 is 1. The van der Waals surface area contributed by atoms with Crippen LogP contribution in [0.15, 0.2) is 24.3 Å². The Balaban J connectivity index is 2.37. The molecular weight excluding hydrogens is 280 g/mol. The molecule has 1 aliphatic rings. The van der Waals surface area contributed by atoms with Crippen LogP contribution < -0.4 is 0 Å². The van der Waals surface area contributed by atoms with E-state index >= 15 is 0 Å². The van der Waals surface area contributed by atoms with Crippen molar-refractivity contribution in [1.82, 2.24) is 0 Å². The number of hydrogen-bond acceptors (Lipinski definition) is 4. The average Bonchev–Trinajstić information content (AvgIpc) is 2.65. The number of hydrogen-bond donors (Lipinski definition) is 0. The van der Waals surface area contributed by atoms with E-state index in [1.165, 1.54) is 7.11 Å². The molecule has 1 aromatic rings. The normalized spacial score (nSPS) is 24.7. The number of carbonyl (C=O) groups excluding carboxylic acids is 2. The van der Waals surface area contributed by atoms with Gasteiger partial charge in [-0.2, -0.15) is 0 Å². The Morgan fingerprint density at radius 2 is 1.95 bits per heavy atom. The fourth-order valence-electron chi connectivity index (χ4n) is 2.51. The third kappa shape index (κ3) is 2.45. The lowest BCUT2D eigenvalue weighted by Crippen LogP contribution is -2.45. The Bertz CT molecular complexity index is 535. The van der Waals surface area contributed by atoms with Crippen LogP contribution in [0.3, 0.4) is 0 Å². The van der Waals surface area contributed by atoms with Gasteiger partial charge in [-0.3, -0.25) is 9.59 Å². The molecule has 1 aromatic carbocycles. The second-order valence-electron chi connectivity index (χ2n) is 5.51. The smallest absolute Gasteiger partial charge is 0.322 e. The molecule has 108 valence electrons. The molecular formula is C15H17ClO4. The first kappa shape index (κ1) is 15.0. The molecule has 0 N–H and O–H groups in total. The molecule has 4 nitrogen and oxygen atoms in total. The lowest BCUT2D eigenvalue weighted by Gasteiger charge is -2.24. The molecule has 1 heterocycles. The summed E-state index contributed by atoms with van der Waals surface area (Å²) in [5.74, 6) is -0.796. The largest absolute Gasteiger partial charge is 0.468 e. The maximum absolute atomic E-state index is 12.6. The van der Waals surface area contributed by atoms with E-state index in [1.54, 1.807) is 38.1 Å². The van der Waals surface area contributed by atoms with Crippen molar-refractivity contribution < 1.29 is 19.1 Å². The molecule has 0 radical (unpaired) electrons. The summed E-state index contributed by atoms with van der Waals surface area (Å²) in [7, 11) is 1.28. The minimum Gasteiger partial charge on any atom is -0.468 e. The van der Waals surface area contributed by atoms with Gasteiger partial charge in [0, 0.05) is 5.02 Å². The quantitative estimate of drug-likeness (QED) is 0.635. The number of Topliss-reactive ketones (excluding diaryl/α,β-unsaturated/α-hetero) is 1. The molecule has 1 unspecified atom stereocenters. The number of halogens is 1. The van der Waals surface area contributed by atoms with Crippen molar-refractivity contribution in [2.75, 3.05) is 13.7 Å². The van der Waals surface area contributed by atoms with E-state index in [-0.39, 0.29) is 18.8 Å². The highest BCUT2D eigenvalue weighted by molar-refractivity contribution is 6.30. The van der Waals surface area contributed by atoms with Crippen LogP contribution in [-0.4, -0.2) is 31.1 Å². The highest BCUT2D eigenvalue weighted by Gasteiger charge is 2.58. The molecule has 0 amide bonds. The highest BCUT2D eigenvalue weighted by atomic mass is 35.5. The molecule has 0 saturated carbocycles. The minimum atomic E-state index is -1.27. The molecule has 0 bridgehead atoms. The van der Waals surface area contributed by atoms with E-state index in [9.17, 15) is 9.59 Å². The fraction of sp³-hybridized carbons (Fsp3) is 0.467. The molecule has 2 rings (SSSR count). The molecule has 1 aliphatic heterocycles. The standard InChI is InChI=1S/C15H17ClO4/c1-14(2)12(17)15(9-20-14,13(18)19-3)8-10-4-6-11(16)7-5-10/h4-7H,8-9H2,1-3H3. The van der Waals surface area contributed by atoms with Gasteiger partial charge < -0.3 is 9.47 Å². The van der Waals surface area contributed by atoms with E-state index in [0.29, 0.717) is 5.02 Å². The molecule has 20 heavy (non-hydrogen) atoms. The monoisotopic (exact) mass is 296 g/mol. The van der Waals surface area contributed by atoms with Gasteiger partial charge in [0.2, 0.25) is 0 Å². The van der Waals surface area contributed by atoms with Crippen molar-refractivity contribution in [3.05, 3.63) is 34.9 Å². The molecule has 0 aliphatic carbocycles. The fourth-order valence-corrected chi connectivity index (χ4v) is 2.64. The summed E-state index contributed by atoms with van der Waals surface area (Å²) in [5, 5.41) is 0.607. The Labute approximate surface area is 123 Å². The summed E-state index contributed by atoms with van der Waals surface area (Å²) in [5.41, 5.74) is -1.40. The molecule has 1 atom stereocenters. The van der Waals surface area contributed by atoms with E-state index in [4.69, 9.17) is 21.1 Å². The summed E-state index contributed by atoms with van der Waals surface area (Å²) in [6, 6.07) is 7.05. The van der Waals surface area contributed by atoms with Crippen LogP contribution in [0.2, 0.25) is 5.02 Å². The number of ketones is 1. The maximum atomic E-state index is 12.6. The lowest BCUT2D eigenvalue weighted by atomic mass is 9.76. The van der Waals surface area contributed by atoms with Gasteiger partial charge in [0.1, 0.15) is 5.60 Å². The van der Waals surface area contributed by atoms with Gasteiger partial charge >= 0.3 is 5.97 Å². The van der Waals surface area contributed by atoms with Crippen molar-refractivity contribution in [1.29, 1.82) is 0 Å². The minimum absolute atomic E-state index is 0.0358. The second kappa shape index (κ2) is 5.19. The summed E-state index contributed by atoms with van der Waals surface area (Å²) in [6.07, 6.45) is 0.249. The predicted octanol–water partition coefficient (Wildman–Crippen LogP) is 2.42. The third-order valence-corrected chi connectivity index (χ3v) is 3.91. The van der Waals surface area contributed by atoms with Gasteiger partial charge in [0.25, 0.3) is 0 Å². The number of ether oxygens (including phenoxy) is 2. The first-order chi connectivity index (χ1) is 9.32. The van der Waals surface area contributed by atoms with Crippen LogP contribution in [0.4, 0.5) is 0 Å². The molecule has 1 fully saturated rings. The molecule has 0 spiro atoms. The predicted molar refractivity (Wildman–Crippen MR) is 74.6 cm³/mol. The second-order valence-corrected chi connectivity index (χ2v) is 5.94. The van der Waals surface area contributed by atoms with E-state index in [2.05, 4.69) is 0 Å². The summed E-state index contributed by atoms with van der Waals surface area (Å²) < 4.78 is 10.3. The number of carbonyl (C=O) groups is 2. The Morgan fingerprint density at radius 3 is 2.40 bits per heavy atom. The zero-order valence-electron chi connectivity index (χ0n) is 11.7. The maximum Gasteiger partial charge on any atom is 0.322 e. The van der Waals surface area contributed by atoms with E-state index in [0.717, 1.165) is 5.56 Å². The van der Waals surface area contributed by atoms with Crippen LogP contribution in [0.5, 0.6) is 0 Å². The zero-order valence-corrected chi connectivity index (χ0v) is 12.5. The van der Waals surface area contributed by atoms with Gasteiger partial charge in [0.15, 0.2) is 11.2 Å². The first-order valence-electron chi connectivity index (χ1n) is 6.33. The number of benzene rings is 1. The summed E-state index contributed by atoms with van der Waals surface area (Å²) >= 11 is 5.84. The van der Waals surface area contributed by atoms with Gasteiger partial charge in [0.05, 0.1) is 13.7 Å². The Kier molecular flexibility index (Phi) is 3.89. The van der Waals surface area contributed by atoms with Crippen molar-refractivity contribution in [2.45, 2.75) is 25.9 Å². The third-order valence-electron chi connectivity index (χ3n) is 3.66. The Hall–Kier alpha value is -1.39. The van der Waals surface area contributed by atoms with Gasteiger partial charge in [-0.15, -0.1) is 0 Å². The van der Waals surface area contributed by atoms with Crippen LogP contribution in [0.1, 0.15) is 19.4 Å². The topological polar surface area (TPSA) is 52.6 Å². The SMILES string of the molecule is COC(=O)C1(Cc2ccc(Cl)cc2)COC(C)(C)C1=O. The molecule has 5 heteroatoms. The van der Waals surface area contributed by atoms with Gasteiger partial charge in [-0.1, -0.05) is 23.7 Å². The molecule has 1 saturated heterocycles. The zero-order chi connectivity index (χ0) is 15.0. The van der Waals surface area contributed by atoms with Crippen molar-refractivity contribution in [3.8, 4) is 0 Å². The van der Waals surface area contributed by atoms with Crippen LogP contribution in [0, 0.1) is 5.41 Å². The van der Waals surface area contributed by atoms with Crippen molar-refractivity contribution in [3.63, 3.8) is 0 Å². The number of rotatable bonds is 3. The molecule has 0 aromatic heterocycles. The van der Waals surface area contributed by atoms with Crippen LogP contribution >= 0.6 is 11.6 Å². The number of esters is 1. The lowest BCUT2D eigenvalue weighted by molar-refractivity contribution is -0.156. The highest BCUT2D eigenvalue weighted by Crippen LogP contribution is 2.39. The van der Waals surface area contributed by atoms with Gasteiger partial charge in [-0.05, 0) is 38.0 Å². The van der Waals surface area contributed by atoms with Crippen LogP contribution in [-0.2, 0) is 25.5 Å². The van der Waals surface area contributed by atoms with Crippen LogP contribution in [0.25, 0.3) is 0 Å². The summed E-state index contributed by atoms with van der Waals surface area (Å²) in [4.78, 5) is 24.7. The van der Waals surface area contributed by atoms with E-state index < -0.39 is 17.0 Å². The van der Waals surface area contributed by atoms with Crippen molar-refractivity contribution in [2.24, 2.45) is 5.41 Å². The average molecular weight is 297 g/mol. The van der Waals surface area contributed by atoms with Crippen molar-refractivity contribution >= 4 is 23.4 Å².